The lowest BCUT2D eigenvalue weighted by Gasteiger charge is -2.35. The number of aliphatic imine (C=N–C) groups is 1. The summed E-state index contributed by atoms with van der Waals surface area (Å²) in [7, 11) is 3.51. The number of aromatic nitrogens is 3. The van der Waals surface area contributed by atoms with Crippen molar-refractivity contribution in [2.75, 3.05) is 33.8 Å². The molecule has 2 N–H and O–H groups in total. The van der Waals surface area contributed by atoms with E-state index in [9.17, 15) is 0 Å². The second-order valence-corrected chi connectivity index (χ2v) is 8.18. The molecule has 1 saturated heterocycles. The van der Waals surface area contributed by atoms with Crippen LogP contribution in [-0.4, -0.2) is 59.2 Å². The Labute approximate surface area is 218 Å². The van der Waals surface area contributed by atoms with Crippen molar-refractivity contribution in [3.05, 3.63) is 72.4 Å². The molecule has 2 aromatic heterocycles. The summed E-state index contributed by atoms with van der Waals surface area (Å²) in [5.41, 5.74) is 2.42. The number of ether oxygens (including phenoxy) is 1. The van der Waals surface area contributed by atoms with Gasteiger partial charge in [-0.2, -0.15) is 0 Å². The fraction of sp³-hybridized carbons (Fsp3) is 0.400. The largest absolute Gasteiger partial charge is 0.497 e. The topological polar surface area (TPSA) is 79.6 Å². The van der Waals surface area contributed by atoms with Gasteiger partial charge in [0.05, 0.1) is 13.2 Å². The Morgan fingerprint density at radius 1 is 1.09 bits per heavy atom. The van der Waals surface area contributed by atoms with Crippen LogP contribution in [-0.2, 0) is 6.54 Å². The van der Waals surface area contributed by atoms with Crippen LogP contribution < -0.4 is 15.4 Å². The van der Waals surface area contributed by atoms with Gasteiger partial charge in [-0.3, -0.25) is 14.5 Å². The predicted molar refractivity (Wildman–Crippen MR) is 146 cm³/mol. The van der Waals surface area contributed by atoms with Gasteiger partial charge in [0, 0.05) is 38.7 Å². The van der Waals surface area contributed by atoms with E-state index in [4.69, 9.17) is 4.74 Å². The molecule has 8 nitrogen and oxygen atoms in total. The highest BCUT2D eigenvalue weighted by molar-refractivity contribution is 14.0. The van der Waals surface area contributed by atoms with Gasteiger partial charge in [-0.05, 0) is 61.3 Å². The molecule has 3 heterocycles. The first kappa shape index (κ1) is 26.0. The predicted octanol–water partition coefficient (Wildman–Crippen LogP) is 3.79. The third-order valence-corrected chi connectivity index (χ3v) is 6.06. The number of hydrogen-bond donors (Lipinski definition) is 2. The normalized spacial score (nSPS) is 15.3. The van der Waals surface area contributed by atoms with Crippen molar-refractivity contribution in [1.82, 2.24) is 30.1 Å². The number of guanidine groups is 1. The summed E-state index contributed by atoms with van der Waals surface area (Å²) in [6.07, 6.45) is 11.0. The number of benzene rings is 1. The SMILES string of the molecule is CN=C(NCc1ccnc(-n2ccnc2)c1)NCC(c1ccc(OC)cc1)N1CCCCC1.I. The summed E-state index contributed by atoms with van der Waals surface area (Å²) in [4.78, 5) is 15.5. The lowest BCUT2D eigenvalue weighted by molar-refractivity contribution is 0.164. The third kappa shape index (κ3) is 6.92. The standard InChI is InChI=1S/C25H33N7O.HI/c1-26-25(29-17-20-10-11-28-24(16-20)32-15-12-27-19-32)30-18-23(31-13-4-3-5-14-31)21-6-8-22(33-2)9-7-21;/h6-12,15-16,19,23H,3-5,13-14,17-18H2,1-2H3,(H2,26,29,30);1H. The molecule has 0 aliphatic carbocycles. The fourth-order valence-corrected chi connectivity index (χ4v) is 4.22. The van der Waals surface area contributed by atoms with E-state index >= 15 is 0 Å². The molecule has 0 radical (unpaired) electrons. The Morgan fingerprint density at radius 3 is 2.56 bits per heavy atom. The van der Waals surface area contributed by atoms with Gasteiger partial charge in [-0.1, -0.05) is 18.6 Å². The lowest BCUT2D eigenvalue weighted by atomic mass is 10.0. The number of halogens is 1. The first-order chi connectivity index (χ1) is 16.3. The second kappa shape index (κ2) is 13.3. The lowest BCUT2D eigenvalue weighted by Crippen LogP contribution is -2.44. The van der Waals surface area contributed by atoms with Gasteiger partial charge in [0.2, 0.25) is 0 Å². The van der Waals surface area contributed by atoms with Crippen molar-refractivity contribution >= 4 is 29.9 Å². The van der Waals surface area contributed by atoms with E-state index < -0.39 is 0 Å². The van der Waals surface area contributed by atoms with Crippen molar-refractivity contribution in [3.8, 4) is 11.6 Å². The van der Waals surface area contributed by atoms with E-state index in [0.29, 0.717) is 6.54 Å². The smallest absolute Gasteiger partial charge is 0.191 e. The minimum Gasteiger partial charge on any atom is -0.497 e. The number of hydrogen-bond acceptors (Lipinski definition) is 5. The van der Waals surface area contributed by atoms with Gasteiger partial charge >= 0.3 is 0 Å². The molecule has 1 unspecified atom stereocenters. The summed E-state index contributed by atoms with van der Waals surface area (Å²) >= 11 is 0. The van der Waals surface area contributed by atoms with E-state index in [0.717, 1.165) is 42.7 Å². The highest BCUT2D eigenvalue weighted by Gasteiger charge is 2.22. The van der Waals surface area contributed by atoms with Gasteiger partial charge in [-0.25, -0.2) is 9.97 Å². The monoisotopic (exact) mass is 575 g/mol. The highest BCUT2D eigenvalue weighted by Crippen LogP contribution is 2.25. The molecule has 3 aromatic rings. The van der Waals surface area contributed by atoms with Gasteiger partial charge in [0.1, 0.15) is 17.9 Å². The number of methoxy groups -OCH3 is 1. The molecule has 1 aliphatic rings. The Kier molecular flexibility index (Phi) is 10.1. The van der Waals surface area contributed by atoms with E-state index in [1.165, 1.54) is 24.8 Å². The van der Waals surface area contributed by atoms with Crippen molar-refractivity contribution in [2.24, 2.45) is 4.99 Å². The van der Waals surface area contributed by atoms with E-state index in [1.54, 1.807) is 19.6 Å². The molecule has 0 amide bonds. The molecule has 9 heteroatoms. The summed E-state index contributed by atoms with van der Waals surface area (Å²) < 4.78 is 7.25. The minimum atomic E-state index is 0. The summed E-state index contributed by atoms with van der Waals surface area (Å²) in [5, 5.41) is 6.98. The maximum Gasteiger partial charge on any atom is 0.191 e. The Morgan fingerprint density at radius 2 is 1.88 bits per heavy atom. The molecule has 1 aliphatic heterocycles. The maximum atomic E-state index is 5.35. The molecule has 1 atom stereocenters. The Bertz CT molecular complexity index is 1020. The van der Waals surface area contributed by atoms with Crippen LogP contribution >= 0.6 is 24.0 Å². The van der Waals surface area contributed by atoms with Crippen LogP contribution in [0.5, 0.6) is 5.75 Å². The number of nitrogens with zero attached hydrogens (tertiary/aromatic N) is 5. The molecular weight excluding hydrogens is 541 g/mol. The van der Waals surface area contributed by atoms with Crippen LogP contribution in [0.25, 0.3) is 5.82 Å². The number of rotatable bonds is 8. The van der Waals surface area contributed by atoms with Gasteiger partial charge in [0.15, 0.2) is 5.96 Å². The molecule has 182 valence electrons. The van der Waals surface area contributed by atoms with Crippen LogP contribution in [0.4, 0.5) is 0 Å². The summed E-state index contributed by atoms with van der Waals surface area (Å²) in [6.45, 7) is 3.68. The van der Waals surface area contributed by atoms with E-state index in [1.807, 2.05) is 42.2 Å². The molecule has 0 saturated carbocycles. The third-order valence-electron chi connectivity index (χ3n) is 6.06. The van der Waals surface area contributed by atoms with Crippen LogP contribution in [0.15, 0.2) is 66.3 Å². The first-order valence-corrected chi connectivity index (χ1v) is 11.5. The number of nitrogens with one attached hydrogen (secondary N) is 2. The van der Waals surface area contributed by atoms with Crippen LogP contribution in [0, 0.1) is 0 Å². The highest BCUT2D eigenvalue weighted by atomic mass is 127. The molecule has 1 fully saturated rings. The number of piperidine rings is 1. The molecule has 1 aromatic carbocycles. The zero-order valence-corrected chi connectivity index (χ0v) is 22.2. The van der Waals surface area contributed by atoms with Crippen molar-refractivity contribution in [1.29, 1.82) is 0 Å². The molecule has 4 rings (SSSR count). The zero-order valence-electron chi connectivity index (χ0n) is 19.9. The number of likely N-dealkylation sites (tertiary alicyclic amines) is 1. The van der Waals surface area contributed by atoms with Gasteiger partial charge < -0.3 is 15.4 Å². The Hall–Kier alpha value is -2.66. The molecule has 0 spiro atoms. The van der Waals surface area contributed by atoms with Crippen molar-refractivity contribution in [2.45, 2.75) is 31.8 Å². The fourth-order valence-electron chi connectivity index (χ4n) is 4.22. The van der Waals surface area contributed by atoms with Crippen LogP contribution in [0.3, 0.4) is 0 Å². The van der Waals surface area contributed by atoms with Gasteiger partial charge in [-0.15, -0.1) is 24.0 Å². The molecule has 34 heavy (non-hydrogen) atoms. The summed E-state index contributed by atoms with van der Waals surface area (Å²) in [5.74, 6) is 2.51. The van der Waals surface area contributed by atoms with E-state index in [-0.39, 0.29) is 30.0 Å². The van der Waals surface area contributed by atoms with Gasteiger partial charge in [0.25, 0.3) is 0 Å². The average Bonchev–Trinajstić information content (AvgIpc) is 3.42. The van der Waals surface area contributed by atoms with Crippen molar-refractivity contribution in [3.63, 3.8) is 0 Å². The quantitative estimate of drug-likeness (QED) is 0.242. The zero-order chi connectivity index (χ0) is 22.9. The second-order valence-electron chi connectivity index (χ2n) is 8.18. The number of pyridine rings is 1. The Balaban J connectivity index is 0.00000324. The summed E-state index contributed by atoms with van der Waals surface area (Å²) in [6, 6.07) is 12.8. The minimum absolute atomic E-state index is 0. The van der Waals surface area contributed by atoms with Crippen LogP contribution in [0.1, 0.15) is 36.4 Å². The van der Waals surface area contributed by atoms with Crippen LogP contribution in [0.2, 0.25) is 0 Å². The molecular formula is C25H34IN7O. The van der Waals surface area contributed by atoms with E-state index in [2.05, 4.69) is 48.7 Å². The molecule has 0 bridgehead atoms. The van der Waals surface area contributed by atoms with Crippen molar-refractivity contribution < 1.29 is 4.74 Å². The average molecular weight is 575 g/mol. The number of imidazole rings is 1. The maximum absolute atomic E-state index is 5.35. The first-order valence-electron chi connectivity index (χ1n) is 11.5.